The van der Waals surface area contributed by atoms with Crippen LogP contribution in [-0.2, 0) is 4.79 Å². The zero-order chi connectivity index (χ0) is 19.3. The van der Waals surface area contributed by atoms with Crippen molar-refractivity contribution in [3.63, 3.8) is 0 Å². The fourth-order valence-corrected chi connectivity index (χ4v) is 2.07. The summed E-state index contributed by atoms with van der Waals surface area (Å²) in [5.41, 5.74) is 0.324. The Morgan fingerprint density at radius 3 is 2.35 bits per heavy atom. The summed E-state index contributed by atoms with van der Waals surface area (Å²) < 4.78 is 53.1. The molecule has 0 aliphatic heterocycles. The van der Waals surface area contributed by atoms with Crippen LogP contribution in [0.15, 0.2) is 48.5 Å². The Balaban J connectivity index is 1.95. The summed E-state index contributed by atoms with van der Waals surface area (Å²) in [5.74, 6) is -2.10. The van der Waals surface area contributed by atoms with Crippen molar-refractivity contribution < 1.29 is 31.9 Å². The minimum absolute atomic E-state index is 0.0839. The fraction of sp³-hybridized carbons (Fsp3) is 0.176. The lowest BCUT2D eigenvalue weighted by atomic mass is 10.2. The monoisotopic (exact) mass is 370 g/mol. The van der Waals surface area contributed by atoms with Crippen molar-refractivity contribution in [2.45, 2.75) is 6.36 Å². The van der Waals surface area contributed by atoms with Crippen LogP contribution in [0.3, 0.4) is 0 Å². The maximum absolute atomic E-state index is 13.1. The van der Waals surface area contributed by atoms with Crippen LogP contribution in [0.2, 0.25) is 0 Å². The number of alkyl halides is 3. The van der Waals surface area contributed by atoms with E-state index in [2.05, 4.69) is 10.1 Å². The first-order valence-electron chi connectivity index (χ1n) is 7.31. The molecule has 9 heteroatoms. The van der Waals surface area contributed by atoms with E-state index in [1.807, 2.05) is 0 Å². The number of halogens is 4. The van der Waals surface area contributed by atoms with Gasteiger partial charge >= 0.3 is 6.36 Å². The number of likely N-dealkylation sites (N-methyl/N-ethyl adjacent to an activating group) is 1. The van der Waals surface area contributed by atoms with E-state index < -0.39 is 29.7 Å². The van der Waals surface area contributed by atoms with Gasteiger partial charge in [-0.1, -0.05) is 6.07 Å². The van der Waals surface area contributed by atoms with E-state index in [4.69, 9.17) is 0 Å². The zero-order valence-electron chi connectivity index (χ0n) is 13.5. The molecule has 0 aromatic heterocycles. The average Bonchev–Trinajstić information content (AvgIpc) is 2.53. The van der Waals surface area contributed by atoms with Gasteiger partial charge in [-0.25, -0.2) is 4.39 Å². The van der Waals surface area contributed by atoms with Gasteiger partial charge in [-0.2, -0.15) is 0 Å². The fourth-order valence-electron chi connectivity index (χ4n) is 2.07. The Bertz CT molecular complexity index is 791. The van der Waals surface area contributed by atoms with Crippen molar-refractivity contribution in [1.82, 2.24) is 4.90 Å². The average molecular weight is 370 g/mol. The van der Waals surface area contributed by atoms with Crippen LogP contribution in [0.4, 0.5) is 23.2 Å². The van der Waals surface area contributed by atoms with Crippen LogP contribution in [-0.4, -0.2) is 36.7 Å². The van der Waals surface area contributed by atoms with Gasteiger partial charge in [-0.15, -0.1) is 13.2 Å². The lowest BCUT2D eigenvalue weighted by molar-refractivity contribution is -0.274. The summed E-state index contributed by atoms with van der Waals surface area (Å²) in [6.45, 7) is -0.323. The van der Waals surface area contributed by atoms with Gasteiger partial charge in [0.25, 0.3) is 5.91 Å². The zero-order valence-corrected chi connectivity index (χ0v) is 13.5. The van der Waals surface area contributed by atoms with E-state index in [0.717, 1.165) is 35.2 Å². The lowest BCUT2D eigenvalue weighted by Crippen LogP contribution is -2.34. The Labute approximate surface area is 146 Å². The van der Waals surface area contributed by atoms with Crippen molar-refractivity contribution >= 4 is 17.5 Å². The van der Waals surface area contributed by atoms with Crippen LogP contribution < -0.4 is 10.1 Å². The molecule has 0 aliphatic carbocycles. The van der Waals surface area contributed by atoms with Gasteiger partial charge in [-0.05, 0) is 42.5 Å². The van der Waals surface area contributed by atoms with Crippen LogP contribution in [0, 0.1) is 5.82 Å². The number of nitrogens with zero attached hydrogens (tertiary/aromatic N) is 1. The molecule has 26 heavy (non-hydrogen) atoms. The minimum atomic E-state index is -4.82. The van der Waals surface area contributed by atoms with E-state index in [-0.39, 0.29) is 17.8 Å². The van der Waals surface area contributed by atoms with Gasteiger partial charge in [0.05, 0.1) is 6.54 Å². The Morgan fingerprint density at radius 1 is 1.12 bits per heavy atom. The molecular weight excluding hydrogens is 356 g/mol. The highest BCUT2D eigenvalue weighted by Gasteiger charge is 2.31. The number of hydrogen-bond donors (Lipinski definition) is 1. The summed E-state index contributed by atoms with van der Waals surface area (Å²) in [7, 11) is 1.35. The molecule has 0 aliphatic rings. The molecule has 0 unspecified atom stereocenters. The molecular formula is C17H14F4N2O3. The first-order valence-corrected chi connectivity index (χ1v) is 7.31. The number of carbonyl (C=O) groups is 2. The SMILES string of the molecule is CN(CC(=O)Nc1cccc(F)c1)C(=O)c1ccc(OC(F)(F)F)cc1. The van der Waals surface area contributed by atoms with Crippen molar-refractivity contribution in [3.05, 3.63) is 59.9 Å². The first kappa shape index (κ1) is 19.2. The normalized spacial score (nSPS) is 11.0. The Morgan fingerprint density at radius 2 is 1.77 bits per heavy atom. The smallest absolute Gasteiger partial charge is 0.406 e. The maximum atomic E-state index is 13.1. The lowest BCUT2D eigenvalue weighted by Gasteiger charge is -2.17. The predicted octanol–water partition coefficient (Wildman–Crippen LogP) is 3.44. The largest absolute Gasteiger partial charge is 0.573 e. The van der Waals surface area contributed by atoms with Crippen LogP contribution in [0.25, 0.3) is 0 Å². The molecule has 0 fully saturated rings. The highest BCUT2D eigenvalue weighted by molar-refractivity contribution is 5.99. The van der Waals surface area contributed by atoms with Crippen LogP contribution >= 0.6 is 0 Å². The second kappa shape index (κ2) is 7.85. The number of benzene rings is 2. The number of hydrogen-bond acceptors (Lipinski definition) is 3. The molecule has 2 rings (SSSR count). The molecule has 2 aromatic rings. The van der Waals surface area contributed by atoms with E-state index in [1.165, 1.54) is 25.2 Å². The van der Waals surface area contributed by atoms with Crippen molar-refractivity contribution in [3.8, 4) is 5.75 Å². The second-order valence-electron chi connectivity index (χ2n) is 5.29. The molecule has 0 bridgehead atoms. The minimum Gasteiger partial charge on any atom is -0.406 e. The molecule has 0 saturated heterocycles. The number of rotatable bonds is 5. The molecule has 0 saturated carbocycles. The molecule has 5 nitrogen and oxygen atoms in total. The third-order valence-corrected chi connectivity index (χ3v) is 3.17. The molecule has 138 valence electrons. The van der Waals surface area contributed by atoms with Crippen molar-refractivity contribution in [1.29, 1.82) is 0 Å². The number of ether oxygens (including phenoxy) is 1. The van der Waals surface area contributed by atoms with Gasteiger partial charge in [0.2, 0.25) is 5.91 Å². The van der Waals surface area contributed by atoms with E-state index in [0.29, 0.717) is 0 Å². The summed E-state index contributed by atoms with van der Waals surface area (Å²) in [5, 5.41) is 2.44. The van der Waals surface area contributed by atoms with Crippen LogP contribution in [0.5, 0.6) is 5.75 Å². The van der Waals surface area contributed by atoms with Gasteiger partial charge in [0, 0.05) is 18.3 Å². The number of nitrogens with one attached hydrogen (secondary N) is 1. The molecule has 2 aromatic carbocycles. The third kappa shape index (κ3) is 5.76. The quantitative estimate of drug-likeness (QED) is 0.821. The molecule has 0 radical (unpaired) electrons. The topological polar surface area (TPSA) is 58.6 Å². The summed E-state index contributed by atoms with van der Waals surface area (Å²) in [4.78, 5) is 25.2. The van der Waals surface area contributed by atoms with E-state index in [1.54, 1.807) is 0 Å². The summed E-state index contributed by atoms with van der Waals surface area (Å²) in [6.07, 6.45) is -4.82. The highest BCUT2D eigenvalue weighted by Crippen LogP contribution is 2.23. The summed E-state index contributed by atoms with van der Waals surface area (Å²) >= 11 is 0. The van der Waals surface area contributed by atoms with Crippen molar-refractivity contribution in [2.24, 2.45) is 0 Å². The molecule has 1 N–H and O–H groups in total. The summed E-state index contributed by atoms with van der Waals surface area (Å²) in [6, 6.07) is 9.57. The second-order valence-corrected chi connectivity index (χ2v) is 5.29. The van der Waals surface area contributed by atoms with E-state index >= 15 is 0 Å². The van der Waals surface area contributed by atoms with Crippen molar-refractivity contribution in [2.75, 3.05) is 18.9 Å². The highest BCUT2D eigenvalue weighted by atomic mass is 19.4. The molecule has 2 amide bonds. The molecule has 0 spiro atoms. The van der Waals surface area contributed by atoms with Gasteiger partial charge in [0.1, 0.15) is 11.6 Å². The van der Waals surface area contributed by atoms with Gasteiger partial charge in [0.15, 0.2) is 0 Å². The molecule has 0 atom stereocenters. The number of anilines is 1. The first-order chi connectivity index (χ1) is 12.1. The van der Waals surface area contributed by atoms with Gasteiger partial charge < -0.3 is 15.0 Å². The van der Waals surface area contributed by atoms with E-state index in [9.17, 15) is 27.2 Å². The number of amides is 2. The third-order valence-electron chi connectivity index (χ3n) is 3.17. The van der Waals surface area contributed by atoms with Gasteiger partial charge in [-0.3, -0.25) is 9.59 Å². The predicted molar refractivity (Wildman–Crippen MR) is 85.1 cm³/mol. The Kier molecular flexibility index (Phi) is 5.81. The number of carbonyl (C=O) groups excluding carboxylic acids is 2. The maximum Gasteiger partial charge on any atom is 0.573 e. The molecule has 0 heterocycles. The Hall–Kier alpha value is -3.10. The van der Waals surface area contributed by atoms with Crippen LogP contribution in [0.1, 0.15) is 10.4 Å². The standard InChI is InChI=1S/C17H14F4N2O3/c1-23(10-15(24)22-13-4-2-3-12(18)9-13)16(25)11-5-7-14(8-6-11)26-17(19,20)21/h2-9H,10H2,1H3,(H,22,24).